The molecule has 1 heterocycles. The SMILES string of the molecule is Cc1nc(CNC(=O)CCl)ccc1C(C)O. The first-order valence-corrected chi connectivity index (χ1v) is 5.55. The van der Waals surface area contributed by atoms with Crippen molar-refractivity contribution in [3.8, 4) is 0 Å². The largest absolute Gasteiger partial charge is 0.389 e. The highest BCUT2D eigenvalue weighted by atomic mass is 35.5. The van der Waals surface area contributed by atoms with Gasteiger partial charge < -0.3 is 10.4 Å². The zero-order valence-electron chi connectivity index (χ0n) is 9.33. The third-order valence-electron chi connectivity index (χ3n) is 2.22. The van der Waals surface area contributed by atoms with Crippen molar-refractivity contribution < 1.29 is 9.90 Å². The minimum atomic E-state index is -0.529. The Morgan fingerprint density at radius 1 is 1.62 bits per heavy atom. The van der Waals surface area contributed by atoms with Crippen molar-refractivity contribution >= 4 is 17.5 Å². The Kier molecular flexibility index (Phi) is 4.71. The van der Waals surface area contributed by atoms with E-state index in [9.17, 15) is 9.90 Å². The van der Waals surface area contributed by atoms with Gasteiger partial charge in [0.25, 0.3) is 0 Å². The fraction of sp³-hybridized carbons (Fsp3) is 0.455. The molecule has 4 nitrogen and oxygen atoms in total. The molecule has 5 heteroatoms. The Morgan fingerprint density at radius 2 is 2.31 bits per heavy atom. The van der Waals surface area contributed by atoms with Crippen LogP contribution < -0.4 is 5.32 Å². The molecule has 1 rings (SSSR count). The van der Waals surface area contributed by atoms with Crippen LogP contribution in [0.2, 0.25) is 0 Å². The number of aliphatic hydroxyl groups is 1. The molecule has 0 bridgehead atoms. The lowest BCUT2D eigenvalue weighted by atomic mass is 10.1. The van der Waals surface area contributed by atoms with E-state index >= 15 is 0 Å². The van der Waals surface area contributed by atoms with E-state index in [1.54, 1.807) is 13.0 Å². The standard InChI is InChI=1S/C11H15ClN2O2/c1-7-10(8(2)15)4-3-9(14-7)6-13-11(16)5-12/h3-4,8,15H,5-6H2,1-2H3,(H,13,16). The molecule has 0 aliphatic carbocycles. The van der Waals surface area contributed by atoms with E-state index in [2.05, 4.69) is 10.3 Å². The lowest BCUT2D eigenvalue weighted by molar-refractivity contribution is -0.118. The smallest absolute Gasteiger partial charge is 0.235 e. The van der Waals surface area contributed by atoms with Crippen LogP contribution in [-0.4, -0.2) is 21.9 Å². The number of hydrogen-bond donors (Lipinski definition) is 2. The Morgan fingerprint density at radius 3 is 2.81 bits per heavy atom. The first-order valence-electron chi connectivity index (χ1n) is 5.01. The van der Waals surface area contributed by atoms with Crippen LogP contribution in [0.1, 0.15) is 30.0 Å². The molecule has 16 heavy (non-hydrogen) atoms. The first kappa shape index (κ1) is 12.9. The Labute approximate surface area is 99.6 Å². The number of rotatable bonds is 4. The van der Waals surface area contributed by atoms with E-state index in [1.165, 1.54) is 0 Å². The van der Waals surface area contributed by atoms with Crippen molar-refractivity contribution in [3.05, 3.63) is 29.1 Å². The van der Waals surface area contributed by atoms with Gasteiger partial charge in [0, 0.05) is 11.3 Å². The molecule has 0 aromatic carbocycles. The summed E-state index contributed by atoms with van der Waals surface area (Å²) >= 11 is 5.35. The number of nitrogens with zero attached hydrogens (tertiary/aromatic N) is 1. The molecule has 88 valence electrons. The summed E-state index contributed by atoms with van der Waals surface area (Å²) in [5.41, 5.74) is 2.32. The van der Waals surface area contributed by atoms with Crippen molar-refractivity contribution in [1.29, 1.82) is 0 Å². The van der Waals surface area contributed by atoms with Crippen LogP contribution in [0.25, 0.3) is 0 Å². The molecule has 0 saturated carbocycles. The highest BCUT2D eigenvalue weighted by Gasteiger charge is 2.07. The molecular weight excluding hydrogens is 228 g/mol. The van der Waals surface area contributed by atoms with Gasteiger partial charge in [0.05, 0.1) is 18.3 Å². The van der Waals surface area contributed by atoms with Crippen molar-refractivity contribution in [2.75, 3.05) is 5.88 Å². The van der Waals surface area contributed by atoms with Crippen LogP contribution in [0, 0.1) is 6.92 Å². The number of aromatic nitrogens is 1. The summed E-state index contributed by atoms with van der Waals surface area (Å²) < 4.78 is 0. The number of carbonyl (C=O) groups excluding carboxylic acids is 1. The summed E-state index contributed by atoms with van der Waals surface area (Å²) in [6.07, 6.45) is -0.529. The number of alkyl halides is 1. The highest BCUT2D eigenvalue weighted by molar-refractivity contribution is 6.27. The van der Waals surface area contributed by atoms with E-state index in [-0.39, 0.29) is 11.8 Å². The summed E-state index contributed by atoms with van der Waals surface area (Å²) in [6, 6.07) is 3.60. The number of aliphatic hydroxyl groups excluding tert-OH is 1. The Balaban J connectivity index is 2.70. The number of nitrogens with one attached hydrogen (secondary N) is 1. The van der Waals surface area contributed by atoms with Gasteiger partial charge in [-0.15, -0.1) is 11.6 Å². The maximum absolute atomic E-state index is 10.9. The average Bonchev–Trinajstić information content (AvgIpc) is 2.25. The lowest BCUT2D eigenvalue weighted by Crippen LogP contribution is -2.24. The minimum absolute atomic E-state index is 0.0509. The molecule has 1 aromatic heterocycles. The summed E-state index contributed by atoms with van der Waals surface area (Å²) in [6.45, 7) is 3.88. The predicted octanol–water partition coefficient (Wildman–Crippen LogP) is 1.30. The van der Waals surface area contributed by atoms with Gasteiger partial charge in [0.2, 0.25) is 5.91 Å². The summed E-state index contributed by atoms with van der Waals surface area (Å²) in [5, 5.41) is 12.1. The van der Waals surface area contributed by atoms with Crippen molar-refractivity contribution in [3.63, 3.8) is 0 Å². The Hall–Kier alpha value is -1.13. The zero-order chi connectivity index (χ0) is 12.1. The maximum Gasteiger partial charge on any atom is 0.235 e. The van der Waals surface area contributed by atoms with Gasteiger partial charge in [-0.1, -0.05) is 6.07 Å². The summed E-state index contributed by atoms with van der Waals surface area (Å²) in [7, 11) is 0. The average molecular weight is 243 g/mol. The fourth-order valence-corrected chi connectivity index (χ4v) is 1.49. The minimum Gasteiger partial charge on any atom is -0.389 e. The molecule has 0 saturated heterocycles. The zero-order valence-corrected chi connectivity index (χ0v) is 10.1. The first-order chi connectivity index (χ1) is 7.54. The number of aryl methyl sites for hydroxylation is 1. The maximum atomic E-state index is 10.9. The summed E-state index contributed by atoms with van der Waals surface area (Å²) in [5.74, 6) is -0.272. The molecule has 1 amide bonds. The quantitative estimate of drug-likeness (QED) is 0.783. The van der Waals surface area contributed by atoms with Gasteiger partial charge in [-0.2, -0.15) is 0 Å². The molecule has 2 N–H and O–H groups in total. The predicted molar refractivity (Wildman–Crippen MR) is 62.2 cm³/mol. The topological polar surface area (TPSA) is 62.2 Å². The van der Waals surface area contributed by atoms with Gasteiger partial charge in [-0.25, -0.2) is 0 Å². The molecular formula is C11H15ClN2O2. The number of carbonyl (C=O) groups is 1. The van der Waals surface area contributed by atoms with E-state index in [4.69, 9.17) is 11.6 Å². The van der Waals surface area contributed by atoms with Gasteiger partial charge in [-0.05, 0) is 19.9 Å². The van der Waals surface area contributed by atoms with Gasteiger partial charge in [0.15, 0.2) is 0 Å². The molecule has 0 aliphatic heterocycles. The number of halogens is 1. The van der Waals surface area contributed by atoms with Crippen LogP contribution in [0.15, 0.2) is 12.1 Å². The molecule has 0 radical (unpaired) electrons. The second-order valence-corrected chi connectivity index (χ2v) is 3.83. The van der Waals surface area contributed by atoms with E-state index in [1.807, 2.05) is 13.0 Å². The number of pyridine rings is 1. The third kappa shape index (κ3) is 3.47. The fourth-order valence-electron chi connectivity index (χ4n) is 1.40. The van der Waals surface area contributed by atoms with E-state index < -0.39 is 6.10 Å². The van der Waals surface area contributed by atoms with E-state index in [0.717, 1.165) is 17.0 Å². The van der Waals surface area contributed by atoms with Crippen molar-refractivity contribution in [1.82, 2.24) is 10.3 Å². The molecule has 1 atom stereocenters. The van der Waals surface area contributed by atoms with Gasteiger partial charge in [0.1, 0.15) is 5.88 Å². The molecule has 0 spiro atoms. The monoisotopic (exact) mass is 242 g/mol. The van der Waals surface area contributed by atoms with Crippen LogP contribution in [0.3, 0.4) is 0 Å². The highest BCUT2D eigenvalue weighted by Crippen LogP contribution is 2.15. The lowest BCUT2D eigenvalue weighted by Gasteiger charge is -2.10. The van der Waals surface area contributed by atoms with E-state index in [0.29, 0.717) is 6.54 Å². The number of hydrogen-bond acceptors (Lipinski definition) is 3. The van der Waals surface area contributed by atoms with Gasteiger partial charge in [-0.3, -0.25) is 9.78 Å². The number of amides is 1. The molecule has 0 aliphatic rings. The second kappa shape index (κ2) is 5.82. The Bertz CT molecular complexity index is 380. The third-order valence-corrected chi connectivity index (χ3v) is 2.47. The van der Waals surface area contributed by atoms with Crippen LogP contribution >= 0.6 is 11.6 Å². The van der Waals surface area contributed by atoms with Crippen LogP contribution in [-0.2, 0) is 11.3 Å². The normalized spacial score (nSPS) is 12.2. The van der Waals surface area contributed by atoms with Crippen LogP contribution in [0.4, 0.5) is 0 Å². The van der Waals surface area contributed by atoms with Gasteiger partial charge >= 0.3 is 0 Å². The molecule has 0 fully saturated rings. The van der Waals surface area contributed by atoms with Crippen molar-refractivity contribution in [2.24, 2.45) is 0 Å². The second-order valence-electron chi connectivity index (χ2n) is 3.56. The summed E-state index contributed by atoms with van der Waals surface area (Å²) in [4.78, 5) is 15.2. The van der Waals surface area contributed by atoms with Crippen LogP contribution in [0.5, 0.6) is 0 Å². The molecule has 1 unspecified atom stereocenters. The van der Waals surface area contributed by atoms with Crippen molar-refractivity contribution in [2.45, 2.75) is 26.5 Å². The molecule has 1 aromatic rings.